The van der Waals surface area contributed by atoms with Gasteiger partial charge in [0.1, 0.15) is 5.01 Å². The van der Waals surface area contributed by atoms with Gasteiger partial charge in [0, 0.05) is 19.0 Å². The largest absolute Gasteiger partial charge is 0.481 e. The minimum Gasteiger partial charge on any atom is -0.481 e. The van der Waals surface area contributed by atoms with Gasteiger partial charge in [-0.25, -0.2) is 4.98 Å². The molecule has 0 spiro atoms. The molecule has 0 aromatic carbocycles. The third-order valence-corrected chi connectivity index (χ3v) is 3.75. The van der Waals surface area contributed by atoms with Gasteiger partial charge in [0.2, 0.25) is 4.96 Å². The zero-order valence-corrected chi connectivity index (χ0v) is 11.9. The van der Waals surface area contributed by atoms with E-state index in [4.69, 9.17) is 5.11 Å². The fourth-order valence-corrected chi connectivity index (χ4v) is 2.57. The summed E-state index contributed by atoms with van der Waals surface area (Å²) in [6, 6.07) is 1.45. The van der Waals surface area contributed by atoms with Crippen LogP contribution >= 0.6 is 11.3 Å². The lowest BCUT2D eigenvalue weighted by Crippen LogP contribution is -2.21. The lowest BCUT2D eigenvalue weighted by atomic mass is 10.3. The van der Waals surface area contributed by atoms with Crippen molar-refractivity contribution in [2.75, 3.05) is 6.54 Å². The summed E-state index contributed by atoms with van der Waals surface area (Å²) >= 11 is 1.41. The number of hydrogen-bond acceptors (Lipinski definition) is 6. The molecule has 20 heavy (non-hydrogen) atoms. The van der Waals surface area contributed by atoms with Crippen LogP contribution in [0.3, 0.4) is 0 Å². The summed E-state index contributed by atoms with van der Waals surface area (Å²) in [4.78, 5) is 27.2. The number of carbonyl (C=O) groups is 1. The molecule has 0 amide bonds. The van der Waals surface area contributed by atoms with Gasteiger partial charge >= 0.3 is 5.97 Å². The van der Waals surface area contributed by atoms with Crippen LogP contribution in [-0.2, 0) is 17.8 Å². The second-order valence-corrected chi connectivity index (χ2v) is 5.34. The Morgan fingerprint density at radius 2 is 2.35 bits per heavy atom. The average Bonchev–Trinajstić information content (AvgIpc) is 2.81. The molecule has 0 aliphatic carbocycles. The van der Waals surface area contributed by atoms with E-state index in [0.717, 1.165) is 11.4 Å². The molecule has 0 aliphatic heterocycles. The third kappa shape index (κ3) is 3.61. The minimum atomic E-state index is -0.804. The molecule has 2 aromatic heterocycles. The average molecular weight is 296 g/mol. The molecule has 0 atom stereocenters. The van der Waals surface area contributed by atoms with Gasteiger partial charge in [0.15, 0.2) is 0 Å². The van der Waals surface area contributed by atoms with E-state index < -0.39 is 5.97 Å². The first-order valence-electron chi connectivity index (χ1n) is 6.41. The molecule has 108 valence electrons. The number of carboxylic acids is 1. The Labute approximate surface area is 119 Å². The molecule has 8 heteroatoms. The topological polar surface area (TPSA) is 96.6 Å². The Kier molecular flexibility index (Phi) is 4.80. The number of nitrogens with one attached hydrogen (secondary N) is 1. The first-order valence-corrected chi connectivity index (χ1v) is 7.23. The van der Waals surface area contributed by atoms with Crippen molar-refractivity contribution >= 4 is 22.3 Å². The van der Waals surface area contributed by atoms with Crippen LogP contribution in [0.1, 0.15) is 30.5 Å². The maximum absolute atomic E-state index is 11.9. The molecule has 2 heterocycles. The van der Waals surface area contributed by atoms with E-state index in [9.17, 15) is 9.59 Å². The molecule has 2 aromatic rings. The van der Waals surface area contributed by atoms with E-state index in [1.165, 1.54) is 21.9 Å². The molecule has 0 radical (unpaired) electrons. The van der Waals surface area contributed by atoms with Gasteiger partial charge in [-0.2, -0.15) is 9.61 Å². The van der Waals surface area contributed by atoms with Crippen molar-refractivity contribution in [3.63, 3.8) is 0 Å². The maximum Gasteiger partial charge on any atom is 0.303 e. The molecular weight excluding hydrogens is 280 g/mol. The first kappa shape index (κ1) is 14.6. The van der Waals surface area contributed by atoms with E-state index in [-0.39, 0.29) is 12.0 Å². The van der Waals surface area contributed by atoms with Crippen molar-refractivity contribution in [1.29, 1.82) is 0 Å². The first-order chi connectivity index (χ1) is 9.60. The van der Waals surface area contributed by atoms with E-state index in [1.807, 2.05) is 6.92 Å². The van der Waals surface area contributed by atoms with Crippen LogP contribution in [0.5, 0.6) is 0 Å². The molecule has 0 fully saturated rings. The van der Waals surface area contributed by atoms with Crippen molar-refractivity contribution in [2.24, 2.45) is 0 Å². The summed E-state index contributed by atoms with van der Waals surface area (Å²) in [5.74, 6) is -0.804. The van der Waals surface area contributed by atoms with E-state index >= 15 is 0 Å². The predicted octanol–water partition coefficient (Wildman–Crippen LogP) is 0.668. The summed E-state index contributed by atoms with van der Waals surface area (Å²) in [5.41, 5.74) is 0.463. The highest BCUT2D eigenvalue weighted by molar-refractivity contribution is 7.16. The molecule has 2 rings (SSSR count). The molecule has 2 N–H and O–H groups in total. The lowest BCUT2D eigenvalue weighted by molar-refractivity contribution is -0.137. The predicted molar refractivity (Wildman–Crippen MR) is 75.1 cm³/mol. The van der Waals surface area contributed by atoms with Crippen LogP contribution in [-0.4, -0.2) is 32.2 Å². The number of hydrogen-bond donors (Lipinski definition) is 2. The van der Waals surface area contributed by atoms with Crippen LogP contribution in [0.25, 0.3) is 4.96 Å². The Morgan fingerprint density at radius 1 is 1.55 bits per heavy atom. The number of aliphatic carboxylic acids is 1. The summed E-state index contributed by atoms with van der Waals surface area (Å²) in [7, 11) is 0. The van der Waals surface area contributed by atoms with Gasteiger partial charge in [-0.1, -0.05) is 18.3 Å². The zero-order valence-electron chi connectivity index (χ0n) is 11.1. The molecule has 0 saturated heterocycles. The normalized spacial score (nSPS) is 11.1. The van der Waals surface area contributed by atoms with Crippen molar-refractivity contribution in [3.8, 4) is 0 Å². The van der Waals surface area contributed by atoms with Crippen molar-refractivity contribution < 1.29 is 9.90 Å². The van der Waals surface area contributed by atoms with Crippen LogP contribution in [0.4, 0.5) is 0 Å². The van der Waals surface area contributed by atoms with Crippen molar-refractivity contribution in [3.05, 3.63) is 27.1 Å². The number of fused-ring (bicyclic) bond motifs is 1. The van der Waals surface area contributed by atoms with Crippen molar-refractivity contribution in [2.45, 2.75) is 32.7 Å². The lowest BCUT2D eigenvalue weighted by Gasteiger charge is -2.02. The number of aryl methyl sites for hydroxylation is 1. The molecule has 0 bridgehead atoms. The Morgan fingerprint density at radius 3 is 3.05 bits per heavy atom. The Hall–Kier alpha value is -1.80. The van der Waals surface area contributed by atoms with Gasteiger partial charge in [-0.05, 0) is 19.4 Å². The highest BCUT2D eigenvalue weighted by Gasteiger charge is 2.07. The van der Waals surface area contributed by atoms with Crippen LogP contribution in [0, 0.1) is 0 Å². The SMILES string of the molecule is CCc1nn2c(=O)cc(CNCCCC(=O)O)nc2s1. The fourth-order valence-electron chi connectivity index (χ4n) is 1.71. The maximum atomic E-state index is 11.9. The molecule has 0 aliphatic rings. The molecule has 7 nitrogen and oxygen atoms in total. The van der Waals surface area contributed by atoms with Gasteiger partial charge < -0.3 is 10.4 Å². The minimum absolute atomic E-state index is 0.136. The van der Waals surface area contributed by atoms with E-state index in [2.05, 4.69) is 15.4 Å². The smallest absolute Gasteiger partial charge is 0.303 e. The fraction of sp³-hybridized carbons (Fsp3) is 0.500. The van der Waals surface area contributed by atoms with Crippen LogP contribution in [0.2, 0.25) is 0 Å². The summed E-state index contributed by atoms with van der Waals surface area (Å²) < 4.78 is 1.32. The summed E-state index contributed by atoms with van der Waals surface area (Å²) in [6.07, 6.45) is 1.46. The number of aromatic nitrogens is 3. The molecule has 0 unspecified atom stereocenters. The monoisotopic (exact) mass is 296 g/mol. The molecule has 0 saturated carbocycles. The van der Waals surface area contributed by atoms with Gasteiger partial charge in [0.25, 0.3) is 5.56 Å². The second-order valence-electron chi connectivity index (χ2n) is 4.30. The highest BCUT2D eigenvalue weighted by Crippen LogP contribution is 2.11. The summed E-state index contributed by atoms with van der Waals surface area (Å²) in [6.45, 7) is 3.01. The highest BCUT2D eigenvalue weighted by atomic mass is 32.1. The van der Waals surface area contributed by atoms with Crippen molar-refractivity contribution in [1.82, 2.24) is 19.9 Å². The Bertz CT molecular complexity index is 664. The number of carboxylic acid groups (broad SMARTS) is 1. The zero-order chi connectivity index (χ0) is 14.5. The van der Waals surface area contributed by atoms with Gasteiger partial charge in [-0.15, -0.1) is 0 Å². The summed E-state index contributed by atoms with van der Waals surface area (Å²) in [5, 5.41) is 16.7. The molecular formula is C12H16N4O3S. The number of rotatable bonds is 7. The van der Waals surface area contributed by atoms with Gasteiger partial charge in [0.05, 0.1) is 5.69 Å². The third-order valence-electron chi connectivity index (χ3n) is 2.69. The Balaban J connectivity index is 2.00. The van der Waals surface area contributed by atoms with Crippen LogP contribution in [0.15, 0.2) is 10.9 Å². The number of nitrogens with zero attached hydrogens (tertiary/aromatic N) is 3. The standard InChI is InChI=1S/C12H16N4O3S/c1-2-9-15-16-10(17)6-8(14-12(16)20-9)7-13-5-3-4-11(18)19/h6,13H,2-5,7H2,1H3,(H,18,19). The van der Waals surface area contributed by atoms with E-state index in [0.29, 0.717) is 30.2 Å². The second kappa shape index (κ2) is 6.58. The quantitative estimate of drug-likeness (QED) is 0.729. The van der Waals surface area contributed by atoms with E-state index in [1.54, 1.807) is 0 Å². The van der Waals surface area contributed by atoms with Gasteiger partial charge in [-0.3, -0.25) is 9.59 Å². The van der Waals surface area contributed by atoms with Crippen LogP contribution < -0.4 is 10.9 Å².